The number of carbonyl (C=O) groups excluding carboxylic acids is 2. The van der Waals surface area contributed by atoms with Crippen molar-refractivity contribution in [1.82, 2.24) is 0 Å². The number of aryl methyl sites for hydroxylation is 1. The van der Waals surface area contributed by atoms with Crippen LogP contribution in [0.3, 0.4) is 0 Å². The molecule has 0 bridgehead atoms. The summed E-state index contributed by atoms with van der Waals surface area (Å²) in [5.41, 5.74) is 1.87. The number of carbonyl (C=O) groups is 2. The van der Waals surface area contributed by atoms with E-state index >= 15 is 0 Å². The van der Waals surface area contributed by atoms with Gasteiger partial charge in [-0.3, -0.25) is 19.7 Å². The molecule has 0 aromatic heterocycles. The molecule has 7 nitrogen and oxygen atoms in total. The second-order valence-electron chi connectivity index (χ2n) is 6.82. The third-order valence-electron chi connectivity index (χ3n) is 5.09. The molecule has 0 unspecified atom stereocenters. The fraction of sp³-hybridized carbons (Fsp3) is 0.182. The summed E-state index contributed by atoms with van der Waals surface area (Å²) in [5.74, 6) is 0.0952. The van der Waals surface area contributed by atoms with Crippen LogP contribution in [0.15, 0.2) is 54.6 Å². The molecule has 29 heavy (non-hydrogen) atoms. The van der Waals surface area contributed by atoms with E-state index in [4.69, 9.17) is 4.74 Å². The normalized spacial score (nSPS) is 13.0. The first kappa shape index (κ1) is 18.6. The zero-order chi connectivity index (χ0) is 20.4. The zero-order valence-corrected chi connectivity index (χ0v) is 15.5. The van der Waals surface area contributed by atoms with Crippen LogP contribution in [0.25, 0.3) is 10.8 Å². The number of amides is 1. The van der Waals surface area contributed by atoms with E-state index in [9.17, 15) is 19.7 Å². The Morgan fingerprint density at radius 1 is 1.17 bits per heavy atom. The molecule has 1 aliphatic heterocycles. The Labute approximate surface area is 166 Å². The van der Waals surface area contributed by atoms with Crippen LogP contribution in [0.5, 0.6) is 5.75 Å². The smallest absolute Gasteiger partial charge is 0.269 e. The number of rotatable bonds is 5. The Morgan fingerprint density at radius 3 is 2.79 bits per heavy atom. The van der Waals surface area contributed by atoms with E-state index in [-0.39, 0.29) is 18.2 Å². The lowest BCUT2D eigenvalue weighted by molar-refractivity contribution is -0.384. The molecule has 0 spiro atoms. The van der Waals surface area contributed by atoms with Gasteiger partial charge in [-0.1, -0.05) is 30.3 Å². The summed E-state index contributed by atoms with van der Waals surface area (Å²) >= 11 is 0. The van der Waals surface area contributed by atoms with Gasteiger partial charge in [0.1, 0.15) is 5.75 Å². The van der Waals surface area contributed by atoms with Crippen molar-refractivity contribution in [2.24, 2.45) is 0 Å². The molecule has 0 radical (unpaired) electrons. The summed E-state index contributed by atoms with van der Waals surface area (Å²) in [6, 6.07) is 15.5. The summed E-state index contributed by atoms with van der Waals surface area (Å²) in [4.78, 5) is 36.5. The fourth-order valence-corrected chi connectivity index (χ4v) is 3.70. The number of nitro benzene ring substituents is 1. The average Bonchev–Trinajstić information content (AvgIpc) is 2.76. The number of anilines is 1. The SMILES string of the molecule is O=Cc1c(OCC(=O)N2CCCc3cc([N+](=O)[O-])ccc32)ccc2ccccc12. The molecule has 7 heteroatoms. The molecule has 0 saturated heterocycles. The highest BCUT2D eigenvalue weighted by atomic mass is 16.6. The predicted octanol–water partition coefficient (Wildman–Crippen LogP) is 3.92. The first-order valence-electron chi connectivity index (χ1n) is 9.26. The van der Waals surface area contributed by atoms with Gasteiger partial charge in [0.2, 0.25) is 0 Å². The molecule has 3 aromatic rings. The van der Waals surface area contributed by atoms with Crippen molar-refractivity contribution in [1.29, 1.82) is 0 Å². The van der Waals surface area contributed by atoms with Crippen LogP contribution in [-0.2, 0) is 11.2 Å². The molecule has 3 aromatic carbocycles. The molecule has 0 aliphatic carbocycles. The van der Waals surface area contributed by atoms with Crippen molar-refractivity contribution in [3.63, 3.8) is 0 Å². The lowest BCUT2D eigenvalue weighted by Gasteiger charge is -2.29. The Balaban J connectivity index is 1.55. The second-order valence-corrected chi connectivity index (χ2v) is 6.82. The molecule has 0 fully saturated rings. The third-order valence-corrected chi connectivity index (χ3v) is 5.09. The van der Waals surface area contributed by atoms with Crippen LogP contribution in [-0.4, -0.2) is 30.3 Å². The number of ether oxygens (including phenoxy) is 1. The van der Waals surface area contributed by atoms with E-state index in [0.29, 0.717) is 30.0 Å². The van der Waals surface area contributed by atoms with E-state index in [0.717, 1.165) is 29.0 Å². The van der Waals surface area contributed by atoms with Crippen LogP contribution >= 0.6 is 0 Å². The molecule has 1 amide bonds. The maximum absolute atomic E-state index is 12.8. The minimum Gasteiger partial charge on any atom is -0.483 e. The zero-order valence-electron chi connectivity index (χ0n) is 15.5. The van der Waals surface area contributed by atoms with Gasteiger partial charge in [-0.05, 0) is 41.3 Å². The van der Waals surface area contributed by atoms with Gasteiger partial charge in [-0.15, -0.1) is 0 Å². The molecule has 1 aliphatic rings. The standard InChI is InChI=1S/C22H18N2O5/c25-13-19-18-6-2-1-4-15(18)7-10-21(19)29-14-22(26)23-11-3-5-16-12-17(24(27)28)8-9-20(16)23/h1-2,4,6-10,12-13H,3,5,11,14H2. The van der Waals surface area contributed by atoms with Crippen molar-refractivity contribution < 1.29 is 19.2 Å². The minimum atomic E-state index is -0.440. The van der Waals surface area contributed by atoms with Gasteiger partial charge in [0.25, 0.3) is 11.6 Å². The minimum absolute atomic E-state index is 0.0149. The maximum Gasteiger partial charge on any atom is 0.269 e. The van der Waals surface area contributed by atoms with Gasteiger partial charge < -0.3 is 9.64 Å². The van der Waals surface area contributed by atoms with Gasteiger partial charge in [-0.25, -0.2) is 0 Å². The number of nitro groups is 1. The van der Waals surface area contributed by atoms with Crippen molar-refractivity contribution in [3.8, 4) is 5.75 Å². The number of aldehydes is 1. The highest BCUT2D eigenvalue weighted by molar-refractivity contribution is 6.01. The monoisotopic (exact) mass is 390 g/mol. The van der Waals surface area contributed by atoms with Crippen LogP contribution < -0.4 is 9.64 Å². The van der Waals surface area contributed by atoms with Crippen LogP contribution in [0.4, 0.5) is 11.4 Å². The maximum atomic E-state index is 12.8. The highest BCUT2D eigenvalue weighted by Crippen LogP contribution is 2.31. The summed E-state index contributed by atoms with van der Waals surface area (Å²) < 4.78 is 5.70. The summed E-state index contributed by atoms with van der Waals surface area (Å²) in [5, 5.41) is 12.7. The number of fused-ring (bicyclic) bond motifs is 2. The van der Waals surface area contributed by atoms with Crippen molar-refractivity contribution in [2.45, 2.75) is 12.8 Å². The molecule has 1 heterocycles. The van der Waals surface area contributed by atoms with Crippen molar-refractivity contribution >= 4 is 34.3 Å². The third kappa shape index (κ3) is 3.54. The molecular weight excluding hydrogens is 372 g/mol. The Kier molecular flexibility index (Phi) is 4.95. The van der Waals surface area contributed by atoms with Crippen molar-refractivity contribution in [2.75, 3.05) is 18.1 Å². The largest absolute Gasteiger partial charge is 0.483 e. The van der Waals surface area contributed by atoms with E-state index in [2.05, 4.69) is 0 Å². The van der Waals surface area contributed by atoms with Crippen LogP contribution in [0, 0.1) is 10.1 Å². The molecule has 4 rings (SSSR count). The molecule has 146 valence electrons. The van der Waals surface area contributed by atoms with Crippen molar-refractivity contribution in [3.05, 3.63) is 75.8 Å². The number of nitrogens with zero attached hydrogens (tertiary/aromatic N) is 2. The average molecular weight is 390 g/mol. The van der Waals surface area contributed by atoms with Gasteiger partial charge in [0, 0.05) is 24.4 Å². The van der Waals surface area contributed by atoms with Gasteiger partial charge in [0.15, 0.2) is 12.9 Å². The first-order chi connectivity index (χ1) is 14.1. The van der Waals surface area contributed by atoms with Crippen LogP contribution in [0.2, 0.25) is 0 Å². The fourth-order valence-electron chi connectivity index (χ4n) is 3.70. The highest BCUT2D eigenvalue weighted by Gasteiger charge is 2.25. The van der Waals surface area contributed by atoms with E-state index in [1.807, 2.05) is 30.3 Å². The summed E-state index contributed by atoms with van der Waals surface area (Å²) in [6.07, 6.45) is 2.13. The Morgan fingerprint density at radius 2 is 2.00 bits per heavy atom. The Bertz CT molecular complexity index is 1130. The van der Waals surface area contributed by atoms with E-state index in [1.54, 1.807) is 17.0 Å². The lowest BCUT2D eigenvalue weighted by atomic mass is 10.0. The first-order valence-corrected chi connectivity index (χ1v) is 9.26. The molecule has 0 N–H and O–H groups in total. The number of hydrogen-bond acceptors (Lipinski definition) is 5. The van der Waals surface area contributed by atoms with Gasteiger partial charge >= 0.3 is 0 Å². The number of hydrogen-bond donors (Lipinski definition) is 0. The van der Waals surface area contributed by atoms with Crippen LogP contribution in [0.1, 0.15) is 22.3 Å². The van der Waals surface area contributed by atoms with Gasteiger partial charge in [-0.2, -0.15) is 0 Å². The molecule has 0 atom stereocenters. The lowest BCUT2D eigenvalue weighted by Crippen LogP contribution is -2.38. The predicted molar refractivity (Wildman–Crippen MR) is 109 cm³/mol. The number of benzene rings is 3. The molecule has 0 saturated carbocycles. The quantitative estimate of drug-likeness (QED) is 0.374. The Hall–Kier alpha value is -3.74. The topological polar surface area (TPSA) is 89.8 Å². The van der Waals surface area contributed by atoms with Gasteiger partial charge in [0.05, 0.1) is 10.5 Å². The number of non-ortho nitro benzene ring substituents is 1. The molecular formula is C22H18N2O5. The summed E-state index contributed by atoms with van der Waals surface area (Å²) in [7, 11) is 0. The summed E-state index contributed by atoms with van der Waals surface area (Å²) in [6.45, 7) is 0.293. The van der Waals surface area contributed by atoms with E-state index < -0.39 is 4.92 Å². The van der Waals surface area contributed by atoms with E-state index in [1.165, 1.54) is 12.1 Å². The second kappa shape index (κ2) is 7.71.